The van der Waals surface area contributed by atoms with Crippen molar-refractivity contribution >= 4 is 9.84 Å². The molecular formula is C14H22O5S. The molecule has 0 aliphatic rings. The maximum absolute atomic E-state index is 11.6. The molecule has 0 aliphatic carbocycles. The number of aliphatic hydroxyl groups is 1. The smallest absolute Gasteiger partial charge is 0.161 e. The van der Waals surface area contributed by atoms with Crippen LogP contribution in [0.2, 0.25) is 0 Å². The minimum Gasteiger partial charge on any atom is -0.493 e. The van der Waals surface area contributed by atoms with E-state index in [0.29, 0.717) is 23.5 Å². The molecule has 0 bridgehead atoms. The van der Waals surface area contributed by atoms with Gasteiger partial charge in [-0.15, -0.1) is 0 Å². The lowest BCUT2D eigenvalue weighted by molar-refractivity contribution is 0.198. The zero-order valence-electron chi connectivity index (χ0n) is 12.1. The van der Waals surface area contributed by atoms with Crippen molar-refractivity contribution < 1.29 is 23.0 Å². The van der Waals surface area contributed by atoms with E-state index in [1.165, 1.54) is 7.11 Å². The number of ether oxygens (including phenoxy) is 2. The molecule has 1 aromatic carbocycles. The van der Waals surface area contributed by atoms with Crippen LogP contribution in [0.5, 0.6) is 11.5 Å². The number of hydrogen-bond acceptors (Lipinski definition) is 5. The minimum atomic E-state index is -3.05. The van der Waals surface area contributed by atoms with Crippen LogP contribution in [0.15, 0.2) is 18.2 Å². The first-order valence-electron chi connectivity index (χ1n) is 6.59. The molecule has 0 amide bonds. The van der Waals surface area contributed by atoms with E-state index in [4.69, 9.17) is 9.47 Å². The molecule has 114 valence electrons. The Hall–Kier alpha value is -1.27. The van der Waals surface area contributed by atoms with Crippen LogP contribution >= 0.6 is 0 Å². The summed E-state index contributed by atoms with van der Waals surface area (Å²) in [7, 11) is -1.55. The van der Waals surface area contributed by atoms with E-state index < -0.39 is 15.9 Å². The van der Waals surface area contributed by atoms with E-state index in [9.17, 15) is 13.5 Å². The molecule has 0 saturated carbocycles. The zero-order valence-corrected chi connectivity index (χ0v) is 12.9. The first kappa shape index (κ1) is 16.8. The van der Waals surface area contributed by atoms with E-state index in [2.05, 4.69) is 0 Å². The molecular weight excluding hydrogens is 280 g/mol. The maximum Gasteiger partial charge on any atom is 0.161 e. The summed E-state index contributed by atoms with van der Waals surface area (Å²) < 4.78 is 33.8. The highest BCUT2D eigenvalue weighted by atomic mass is 32.2. The Balaban J connectivity index is 2.69. The highest BCUT2D eigenvalue weighted by Gasteiger charge is 2.12. The van der Waals surface area contributed by atoms with Crippen LogP contribution in [0.4, 0.5) is 0 Å². The molecule has 0 aliphatic heterocycles. The topological polar surface area (TPSA) is 72.8 Å². The summed E-state index contributed by atoms with van der Waals surface area (Å²) in [5.74, 6) is 1.12. The monoisotopic (exact) mass is 302 g/mol. The van der Waals surface area contributed by atoms with Gasteiger partial charge in [-0.25, -0.2) is 8.42 Å². The fourth-order valence-corrected chi connectivity index (χ4v) is 2.92. The molecule has 0 fully saturated rings. The maximum atomic E-state index is 11.6. The fraction of sp³-hybridized carbons (Fsp3) is 0.571. The summed E-state index contributed by atoms with van der Waals surface area (Å²) in [6, 6.07) is 5.08. The molecule has 1 unspecified atom stereocenters. The van der Waals surface area contributed by atoms with Crippen LogP contribution in [0.25, 0.3) is 0 Å². The number of methoxy groups -OCH3 is 1. The molecule has 0 spiro atoms. The Morgan fingerprint density at radius 1 is 1.25 bits per heavy atom. The molecule has 6 heteroatoms. The van der Waals surface area contributed by atoms with Crippen LogP contribution in [0.1, 0.15) is 31.9 Å². The Morgan fingerprint density at radius 2 is 1.95 bits per heavy atom. The highest BCUT2D eigenvalue weighted by Crippen LogP contribution is 2.30. The van der Waals surface area contributed by atoms with Gasteiger partial charge in [0.15, 0.2) is 21.3 Å². The Labute approximate surface area is 120 Å². The Bertz CT molecular complexity index is 522. The predicted molar refractivity (Wildman–Crippen MR) is 78.1 cm³/mol. The first-order valence-corrected chi connectivity index (χ1v) is 8.41. The van der Waals surface area contributed by atoms with Crippen molar-refractivity contribution in [3.63, 3.8) is 0 Å². The van der Waals surface area contributed by atoms with Crippen molar-refractivity contribution in [1.82, 2.24) is 0 Å². The molecule has 0 saturated heterocycles. The van der Waals surface area contributed by atoms with Crippen molar-refractivity contribution in [2.24, 2.45) is 0 Å². The van der Waals surface area contributed by atoms with Gasteiger partial charge in [-0.3, -0.25) is 0 Å². The van der Waals surface area contributed by atoms with Gasteiger partial charge in [0.25, 0.3) is 0 Å². The second kappa shape index (κ2) is 7.50. The van der Waals surface area contributed by atoms with Gasteiger partial charge in [0.1, 0.15) is 6.61 Å². The number of sulfone groups is 1. The standard InChI is InChI=1S/C14H22O5S/c1-4-8-20(16,17)9-7-19-13-6-5-12(11(2)15)10-14(13)18-3/h5-6,10-11,15H,4,7-9H2,1-3H3. The van der Waals surface area contributed by atoms with Crippen LogP contribution in [0, 0.1) is 0 Å². The summed E-state index contributed by atoms with van der Waals surface area (Å²) in [5, 5.41) is 9.50. The van der Waals surface area contributed by atoms with Crippen molar-refractivity contribution in [2.45, 2.75) is 26.4 Å². The van der Waals surface area contributed by atoms with E-state index in [0.717, 1.165) is 0 Å². The van der Waals surface area contributed by atoms with Gasteiger partial charge in [-0.1, -0.05) is 13.0 Å². The summed E-state index contributed by atoms with van der Waals surface area (Å²) in [5.41, 5.74) is 0.716. The number of aliphatic hydroxyl groups excluding tert-OH is 1. The summed E-state index contributed by atoms with van der Waals surface area (Å²) >= 11 is 0. The average molecular weight is 302 g/mol. The Kier molecular flexibility index (Phi) is 6.29. The number of hydrogen-bond donors (Lipinski definition) is 1. The fourth-order valence-electron chi connectivity index (χ4n) is 1.75. The molecule has 1 aromatic rings. The molecule has 1 rings (SSSR count). The third-order valence-corrected chi connectivity index (χ3v) is 4.66. The van der Waals surface area contributed by atoms with E-state index in [1.807, 2.05) is 6.92 Å². The van der Waals surface area contributed by atoms with Gasteiger partial charge in [-0.05, 0) is 31.0 Å². The SMILES string of the molecule is CCCS(=O)(=O)CCOc1ccc(C(C)O)cc1OC. The van der Waals surface area contributed by atoms with Gasteiger partial charge >= 0.3 is 0 Å². The molecule has 1 N–H and O–H groups in total. The van der Waals surface area contributed by atoms with Crippen molar-refractivity contribution in [3.8, 4) is 11.5 Å². The summed E-state index contributed by atoms with van der Waals surface area (Å²) in [6.07, 6.45) is 0.0113. The normalized spacial score (nSPS) is 13.0. The summed E-state index contributed by atoms with van der Waals surface area (Å²) in [6.45, 7) is 3.58. The first-order chi connectivity index (χ1) is 9.39. The predicted octanol–water partition coefficient (Wildman–Crippen LogP) is 1.95. The second-order valence-electron chi connectivity index (χ2n) is 4.59. The largest absolute Gasteiger partial charge is 0.493 e. The lowest BCUT2D eigenvalue weighted by Crippen LogP contribution is -2.17. The van der Waals surface area contributed by atoms with Crippen molar-refractivity contribution in [1.29, 1.82) is 0 Å². The molecule has 1 atom stereocenters. The van der Waals surface area contributed by atoms with Gasteiger partial charge in [-0.2, -0.15) is 0 Å². The van der Waals surface area contributed by atoms with Gasteiger partial charge in [0.05, 0.1) is 24.7 Å². The van der Waals surface area contributed by atoms with Gasteiger partial charge < -0.3 is 14.6 Å². The Morgan fingerprint density at radius 3 is 2.50 bits per heavy atom. The molecule has 0 radical (unpaired) electrons. The lowest BCUT2D eigenvalue weighted by Gasteiger charge is -2.13. The lowest BCUT2D eigenvalue weighted by atomic mass is 10.1. The van der Waals surface area contributed by atoms with E-state index in [1.54, 1.807) is 25.1 Å². The molecule has 0 aromatic heterocycles. The average Bonchev–Trinajstić information content (AvgIpc) is 2.38. The highest BCUT2D eigenvalue weighted by molar-refractivity contribution is 7.91. The van der Waals surface area contributed by atoms with Gasteiger partial charge in [0, 0.05) is 0 Å². The van der Waals surface area contributed by atoms with Crippen LogP contribution < -0.4 is 9.47 Å². The van der Waals surface area contributed by atoms with Crippen LogP contribution in [-0.2, 0) is 9.84 Å². The van der Waals surface area contributed by atoms with E-state index in [-0.39, 0.29) is 18.1 Å². The number of benzene rings is 1. The zero-order chi connectivity index (χ0) is 15.2. The number of rotatable bonds is 8. The third kappa shape index (κ3) is 5.02. The van der Waals surface area contributed by atoms with Crippen molar-refractivity contribution in [3.05, 3.63) is 23.8 Å². The second-order valence-corrected chi connectivity index (χ2v) is 6.89. The van der Waals surface area contributed by atoms with Crippen LogP contribution in [0.3, 0.4) is 0 Å². The third-order valence-electron chi connectivity index (χ3n) is 2.84. The summed E-state index contributed by atoms with van der Waals surface area (Å²) in [4.78, 5) is 0. The quantitative estimate of drug-likeness (QED) is 0.794. The van der Waals surface area contributed by atoms with Crippen LogP contribution in [-0.4, -0.2) is 38.7 Å². The minimum absolute atomic E-state index is 0.0118. The van der Waals surface area contributed by atoms with E-state index >= 15 is 0 Å². The van der Waals surface area contributed by atoms with Crippen molar-refractivity contribution in [2.75, 3.05) is 25.2 Å². The molecule has 20 heavy (non-hydrogen) atoms. The molecule has 0 heterocycles. The molecule has 5 nitrogen and oxygen atoms in total. The van der Waals surface area contributed by atoms with Gasteiger partial charge in [0.2, 0.25) is 0 Å².